The number of carbonyl (C=O) groups is 1. The Bertz CT molecular complexity index is 261. The number of carbonyl (C=O) groups excluding carboxylic acids is 1. The molecule has 1 unspecified atom stereocenters. The van der Waals surface area contributed by atoms with Gasteiger partial charge in [-0.15, -0.1) is 0 Å². The Hall–Kier alpha value is -0.650. The zero-order valence-electron chi connectivity index (χ0n) is 11.0. The number of nitrogens with two attached hydrogens (primary N) is 1. The van der Waals surface area contributed by atoms with Gasteiger partial charge in [0.25, 0.3) is 5.91 Å². The molecule has 1 saturated heterocycles. The minimum absolute atomic E-state index is 0.0926. The molecule has 1 heterocycles. The van der Waals surface area contributed by atoms with Crippen LogP contribution in [0.3, 0.4) is 0 Å². The number of ether oxygens (including phenoxy) is 2. The van der Waals surface area contributed by atoms with E-state index in [0.29, 0.717) is 32.4 Å². The summed E-state index contributed by atoms with van der Waals surface area (Å²) in [7, 11) is 0. The molecule has 104 valence electrons. The van der Waals surface area contributed by atoms with Crippen LogP contribution in [0.2, 0.25) is 0 Å². The first-order chi connectivity index (χ1) is 8.83. The van der Waals surface area contributed by atoms with E-state index in [1.165, 1.54) is 12.8 Å². The number of amides is 1. The molecule has 0 radical (unpaired) electrons. The smallest absolute Gasteiger partial charge is 0.254 e. The lowest BCUT2D eigenvalue weighted by Crippen LogP contribution is -2.49. The molecule has 1 atom stereocenters. The SMILES string of the molecule is NCCCN(C(=O)C1COCCO1)C1CCCC1. The van der Waals surface area contributed by atoms with E-state index in [-0.39, 0.29) is 5.91 Å². The van der Waals surface area contributed by atoms with Gasteiger partial charge in [-0.05, 0) is 25.8 Å². The van der Waals surface area contributed by atoms with Gasteiger partial charge < -0.3 is 20.1 Å². The fourth-order valence-corrected chi connectivity index (χ4v) is 2.77. The van der Waals surface area contributed by atoms with Gasteiger partial charge in [-0.1, -0.05) is 12.8 Å². The van der Waals surface area contributed by atoms with Crippen molar-refractivity contribution in [3.63, 3.8) is 0 Å². The summed E-state index contributed by atoms with van der Waals surface area (Å²) in [5.74, 6) is 0.0926. The monoisotopic (exact) mass is 256 g/mol. The summed E-state index contributed by atoms with van der Waals surface area (Å²) in [6, 6.07) is 0.384. The fourth-order valence-electron chi connectivity index (χ4n) is 2.77. The summed E-state index contributed by atoms with van der Waals surface area (Å²) in [6.07, 6.45) is 5.12. The maximum atomic E-state index is 12.5. The second kappa shape index (κ2) is 7.07. The highest BCUT2D eigenvalue weighted by Crippen LogP contribution is 2.24. The van der Waals surface area contributed by atoms with Gasteiger partial charge in [-0.2, -0.15) is 0 Å². The number of hydrogen-bond acceptors (Lipinski definition) is 4. The molecule has 1 aliphatic heterocycles. The van der Waals surface area contributed by atoms with Crippen LogP contribution in [-0.4, -0.2) is 55.9 Å². The maximum Gasteiger partial charge on any atom is 0.254 e. The quantitative estimate of drug-likeness (QED) is 0.779. The standard InChI is InChI=1S/C13H24N2O3/c14-6-3-7-15(11-4-1-2-5-11)13(16)12-10-17-8-9-18-12/h11-12H,1-10,14H2. The molecule has 2 N–H and O–H groups in total. The molecule has 2 fully saturated rings. The molecule has 2 aliphatic rings. The number of hydrogen-bond donors (Lipinski definition) is 1. The van der Waals surface area contributed by atoms with E-state index in [2.05, 4.69) is 0 Å². The van der Waals surface area contributed by atoms with Gasteiger partial charge in [-0.3, -0.25) is 4.79 Å². The highest BCUT2D eigenvalue weighted by molar-refractivity contribution is 5.81. The van der Waals surface area contributed by atoms with Crippen LogP contribution in [0.5, 0.6) is 0 Å². The van der Waals surface area contributed by atoms with E-state index in [4.69, 9.17) is 15.2 Å². The zero-order chi connectivity index (χ0) is 12.8. The first-order valence-electron chi connectivity index (χ1n) is 7.03. The lowest BCUT2D eigenvalue weighted by molar-refractivity contribution is -0.160. The maximum absolute atomic E-state index is 12.5. The Labute approximate surface area is 109 Å². The van der Waals surface area contributed by atoms with Gasteiger partial charge >= 0.3 is 0 Å². The van der Waals surface area contributed by atoms with Crippen LogP contribution in [0.25, 0.3) is 0 Å². The van der Waals surface area contributed by atoms with Crippen molar-refractivity contribution in [1.82, 2.24) is 4.90 Å². The third-order valence-electron chi connectivity index (χ3n) is 3.74. The minimum Gasteiger partial charge on any atom is -0.376 e. The summed E-state index contributed by atoms with van der Waals surface area (Å²) >= 11 is 0. The van der Waals surface area contributed by atoms with Crippen LogP contribution in [0.1, 0.15) is 32.1 Å². The summed E-state index contributed by atoms with van der Waals surface area (Å²) in [4.78, 5) is 14.5. The molecule has 0 aromatic carbocycles. The second-order valence-electron chi connectivity index (χ2n) is 5.05. The van der Waals surface area contributed by atoms with E-state index in [1.54, 1.807) is 0 Å². The Kier molecular flexibility index (Phi) is 5.41. The molecule has 5 heteroatoms. The van der Waals surface area contributed by atoms with Gasteiger partial charge in [0.15, 0.2) is 6.10 Å². The van der Waals surface area contributed by atoms with Crippen molar-refractivity contribution in [3.8, 4) is 0 Å². The van der Waals surface area contributed by atoms with Crippen LogP contribution >= 0.6 is 0 Å². The number of rotatable bonds is 5. The third-order valence-corrected chi connectivity index (χ3v) is 3.74. The first-order valence-corrected chi connectivity index (χ1v) is 7.03. The van der Waals surface area contributed by atoms with Gasteiger partial charge in [0.1, 0.15) is 0 Å². The average molecular weight is 256 g/mol. The van der Waals surface area contributed by atoms with Crippen molar-refractivity contribution < 1.29 is 14.3 Å². The van der Waals surface area contributed by atoms with E-state index < -0.39 is 6.10 Å². The normalized spacial score (nSPS) is 25.3. The molecule has 0 aromatic rings. The van der Waals surface area contributed by atoms with Gasteiger partial charge in [0.05, 0.1) is 19.8 Å². The van der Waals surface area contributed by atoms with E-state index in [0.717, 1.165) is 25.8 Å². The number of nitrogens with zero attached hydrogens (tertiary/aromatic N) is 1. The highest BCUT2D eigenvalue weighted by atomic mass is 16.6. The largest absolute Gasteiger partial charge is 0.376 e. The third kappa shape index (κ3) is 3.43. The van der Waals surface area contributed by atoms with Crippen molar-refractivity contribution in [2.75, 3.05) is 32.9 Å². The predicted octanol–water partition coefficient (Wildman–Crippen LogP) is 0.522. The molecule has 1 amide bonds. The average Bonchev–Trinajstić information content (AvgIpc) is 2.94. The van der Waals surface area contributed by atoms with E-state index >= 15 is 0 Å². The summed E-state index contributed by atoms with van der Waals surface area (Å²) in [5.41, 5.74) is 5.56. The molecular formula is C13H24N2O3. The Morgan fingerprint density at radius 3 is 2.67 bits per heavy atom. The summed E-state index contributed by atoms with van der Waals surface area (Å²) in [5, 5.41) is 0. The Balaban J connectivity index is 1.94. The molecular weight excluding hydrogens is 232 g/mol. The zero-order valence-corrected chi connectivity index (χ0v) is 11.0. The van der Waals surface area contributed by atoms with Crippen molar-refractivity contribution in [2.24, 2.45) is 5.73 Å². The molecule has 1 aliphatic carbocycles. The molecule has 2 rings (SSSR count). The second-order valence-corrected chi connectivity index (χ2v) is 5.05. The van der Waals surface area contributed by atoms with E-state index in [9.17, 15) is 4.79 Å². The lowest BCUT2D eigenvalue weighted by Gasteiger charge is -2.33. The van der Waals surface area contributed by atoms with Gasteiger partial charge in [0, 0.05) is 12.6 Å². The van der Waals surface area contributed by atoms with Crippen molar-refractivity contribution in [2.45, 2.75) is 44.2 Å². The van der Waals surface area contributed by atoms with Crippen LogP contribution in [0.4, 0.5) is 0 Å². The van der Waals surface area contributed by atoms with Crippen molar-refractivity contribution in [3.05, 3.63) is 0 Å². The lowest BCUT2D eigenvalue weighted by atomic mass is 10.1. The van der Waals surface area contributed by atoms with Crippen molar-refractivity contribution >= 4 is 5.91 Å². The van der Waals surface area contributed by atoms with Crippen LogP contribution in [0.15, 0.2) is 0 Å². The molecule has 1 saturated carbocycles. The topological polar surface area (TPSA) is 64.8 Å². The summed E-state index contributed by atoms with van der Waals surface area (Å²) in [6.45, 7) is 2.88. The van der Waals surface area contributed by atoms with Crippen LogP contribution < -0.4 is 5.73 Å². The van der Waals surface area contributed by atoms with Crippen LogP contribution in [0, 0.1) is 0 Å². The minimum atomic E-state index is -0.405. The first kappa shape index (κ1) is 13.8. The molecule has 0 bridgehead atoms. The molecule has 18 heavy (non-hydrogen) atoms. The Morgan fingerprint density at radius 1 is 1.28 bits per heavy atom. The predicted molar refractivity (Wildman–Crippen MR) is 68.2 cm³/mol. The highest BCUT2D eigenvalue weighted by Gasteiger charge is 2.32. The molecule has 0 spiro atoms. The molecule has 5 nitrogen and oxygen atoms in total. The fraction of sp³-hybridized carbons (Fsp3) is 0.923. The van der Waals surface area contributed by atoms with Crippen LogP contribution in [-0.2, 0) is 14.3 Å². The van der Waals surface area contributed by atoms with Gasteiger partial charge in [0.2, 0.25) is 0 Å². The van der Waals surface area contributed by atoms with E-state index in [1.807, 2.05) is 4.90 Å². The molecule has 0 aromatic heterocycles. The van der Waals surface area contributed by atoms with Gasteiger partial charge in [-0.25, -0.2) is 0 Å². The Morgan fingerprint density at radius 2 is 2.06 bits per heavy atom. The summed E-state index contributed by atoms with van der Waals surface area (Å²) < 4.78 is 10.8. The van der Waals surface area contributed by atoms with Crippen molar-refractivity contribution in [1.29, 1.82) is 0 Å².